The van der Waals surface area contributed by atoms with E-state index >= 15 is 0 Å². The average Bonchev–Trinajstić information content (AvgIpc) is 3.25. The van der Waals surface area contributed by atoms with Gasteiger partial charge in [-0.2, -0.15) is 5.10 Å². The molecular weight excluding hydrogens is 288 g/mol. The Balaban J connectivity index is 1.40. The normalized spacial score (nSPS) is 24.3. The molecule has 2 atom stereocenters. The number of hydrogen-bond acceptors (Lipinski definition) is 4. The summed E-state index contributed by atoms with van der Waals surface area (Å²) in [5.41, 5.74) is 4.04. The molecule has 2 aliphatic rings. The molecule has 1 saturated heterocycles. The number of nitrogens with zero attached hydrogens (tertiary/aromatic N) is 3. The fourth-order valence-corrected chi connectivity index (χ4v) is 3.68. The number of aryl methyl sites for hydroxylation is 2. The minimum absolute atomic E-state index is 0.430. The topological polar surface area (TPSA) is 52.0 Å². The van der Waals surface area contributed by atoms with Crippen LogP contribution in [0, 0.1) is 0 Å². The van der Waals surface area contributed by atoms with Gasteiger partial charge in [0.05, 0.1) is 11.8 Å². The minimum atomic E-state index is 0.430. The van der Waals surface area contributed by atoms with Crippen LogP contribution in [0.2, 0.25) is 0 Å². The molecular formula is C18H24N4O. The van der Waals surface area contributed by atoms with Crippen molar-refractivity contribution >= 4 is 0 Å². The predicted molar refractivity (Wildman–Crippen MR) is 88.8 cm³/mol. The summed E-state index contributed by atoms with van der Waals surface area (Å²) in [6.45, 7) is 1.94. The number of nitrogens with one attached hydrogen (secondary N) is 1. The minimum Gasteiger partial charge on any atom is -0.377 e. The third-order valence-corrected chi connectivity index (χ3v) is 5.06. The number of hydrogen-bond donors (Lipinski definition) is 1. The summed E-state index contributed by atoms with van der Waals surface area (Å²) in [6, 6.07) is 7.27. The third kappa shape index (κ3) is 3.46. The van der Waals surface area contributed by atoms with E-state index in [1.165, 1.54) is 36.8 Å². The lowest BCUT2D eigenvalue weighted by Gasteiger charge is -2.18. The van der Waals surface area contributed by atoms with E-state index in [2.05, 4.69) is 33.6 Å². The summed E-state index contributed by atoms with van der Waals surface area (Å²) in [5, 5.41) is 7.95. The second-order valence-corrected chi connectivity index (χ2v) is 6.61. The van der Waals surface area contributed by atoms with Crippen LogP contribution in [-0.2, 0) is 17.6 Å². The van der Waals surface area contributed by atoms with E-state index in [0.717, 1.165) is 31.7 Å². The Labute approximate surface area is 137 Å². The average molecular weight is 312 g/mol. The molecule has 23 heavy (non-hydrogen) atoms. The quantitative estimate of drug-likeness (QED) is 0.880. The maximum absolute atomic E-state index is 5.72. The highest BCUT2D eigenvalue weighted by molar-refractivity contribution is 5.40. The number of ether oxygens (including phenoxy) is 1. The van der Waals surface area contributed by atoms with Gasteiger partial charge in [-0.25, -0.2) is 9.67 Å². The smallest absolute Gasteiger partial charge is 0.138 e. The molecule has 1 aromatic heterocycles. The van der Waals surface area contributed by atoms with Gasteiger partial charge in [-0.05, 0) is 61.8 Å². The molecule has 0 radical (unpaired) electrons. The number of benzene rings is 1. The number of fused-ring (bicyclic) bond motifs is 1. The fourth-order valence-electron chi connectivity index (χ4n) is 3.68. The maximum atomic E-state index is 5.72. The molecule has 5 heteroatoms. The predicted octanol–water partition coefficient (Wildman–Crippen LogP) is 2.28. The van der Waals surface area contributed by atoms with Gasteiger partial charge in [-0.3, -0.25) is 0 Å². The fraction of sp³-hybridized carbons (Fsp3) is 0.556. The summed E-state index contributed by atoms with van der Waals surface area (Å²) in [6.07, 6.45) is 10.9. The summed E-state index contributed by atoms with van der Waals surface area (Å²) in [4.78, 5) is 4.03. The largest absolute Gasteiger partial charge is 0.377 e. The molecule has 2 unspecified atom stereocenters. The van der Waals surface area contributed by atoms with Gasteiger partial charge < -0.3 is 10.1 Å². The molecule has 0 bridgehead atoms. The van der Waals surface area contributed by atoms with Crippen molar-refractivity contribution in [3.63, 3.8) is 0 Å². The molecule has 1 aromatic carbocycles. The summed E-state index contributed by atoms with van der Waals surface area (Å²) < 4.78 is 7.55. The van der Waals surface area contributed by atoms with E-state index in [-0.39, 0.29) is 0 Å². The van der Waals surface area contributed by atoms with Gasteiger partial charge in [0.1, 0.15) is 12.7 Å². The molecule has 0 amide bonds. The Bertz CT molecular complexity index is 634. The Morgan fingerprint density at radius 3 is 2.87 bits per heavy atom. The van der Waals surface area contributed by atoms with E-state index in [4.69, 9.17) is 4.74 Å². The van der Waals surface area contributed by atoms with Crippen molar-refractivity contribution in [2.45, 2.75) is 50.7 Å². The molecule has 1 N–H and O–H groups in total. The van der Waals surface area contributed by atoms with Gasteiger partial charge in [-0.1, -0.05) is 6.07 Å². The van der Waals surface area contributed by atoms with Crippen molar-refractivity contribution in [3.05, 3.63) is 42.0 Å². The van der Waals surface area contributed by atoms with Gasteiger partial charge >= 0.3 is 0 Å². The SMILES string of the molecule is c1ncn(-c2ccc3c(c2)CCC(NCC2CCCO2)CC3)n1. The van der Waals surface area contributed by atoms with Gasteiger partial charge in [-0.15, -0.1) is 0 Å². The van der Waals surface area contributed by atoms with Crippen molar-refractivity contribution in [2.75, 3.05) is 13.2 Å². The van der Waals surface area contributed by atoms with E-state index in [9.17, 15) is 0 Å². The standard InChI is InChI=1S/C18H24N4O/c1-2-18(23-9-1)11-20-16-6-3-14-5-8-17(10-15(14)4-7-16)22-13-19-12-21-22/h5,8,10,12-13,16,18,20H,1-4,6-7,9,11H2. The van der Waals surface area contributed by atoms with Crippen LogP contribution >= 0.6 is 0 Å². The second-order valence-electron chi connectivity index (χ2n) is 6.61. The molecule has 0 saturated carbocycles. The summed E-state index contributed by atoms with van der Waals surface area (Å²) in [5.74, 6) is 0. The molecule has 122 valence electrons. The highest BCUT2D eigenvalue weighted by Gasteiger charge is 2.20. The molecule has 1 fully saturated rings. The zero-order valence-corrected chi connectivity index (χ0v) is 13.4. The van der Waals surface area contributed by atoms with E-state index < -0.39 is 0 Å². The third-order valence-electron chi connectivity index (χ3n) is 5.06. The first-order valence-corrected chi connectivity index (χ1v) is 8.70. The van der Waals surface area contributed by atoms with Crippen molar-refractivity contribution in [2.24, 2.45) is 0 Å². The van der Waals surface area contributed by atoms with E-state index in [0.29, 0.717) is 12.1 Å². The number of rotatable bonds is 4. The maximum Gasteiger partial charge on any atom is 0.138 e. The van der Waals surface area contributed by atoms with Crippen LogP contribution in [0.3, 0.4) is 0 Å². The van der Waals surface area contributed by atoms with Gasteiger partial charge in [0.2, 0.25) is 0 Å². The van der Waals surface area contributed by atoms with Crippen LogP contribution in [-0.4, -0.2) is 40.1 Å². The van der Waals surface area contributed by atoms with Crippen molar-refractivity contribution in [3.8, 4) is 5.69 Å². The zero-order valence-electron chi connectivity index (χ0n) is 13.4. The molecule has 1 aliphatic carbocycles. The molecule has 2 heterocycles. The lowest BCUT2D eigenvalue weighted by Crippen LogP contribution is -2.35. The molecule has 4 rings (SSSR count). The van der Waals surface area contributed by atoms with Crippen LogP contribution in [0.15, 0.2) is 30.9 Å². The molecule has 0 spiro atoms. The van der Waals surface area contributed by atoms with Crippen LogP contribution in [0.1, 0.15) is 36.8 Å². The van der Waals surface area contributed by atoms with E-state index in [1.807, 2.05) is 4.68 Å². The lowest BCUT2D eigenvalue weighted by atomic mass is 10.0. The van der Waals surface area contributed by atoms with Crippen molar-refractivity contribution in [1.82, 2.24) is 20.1 Å². The van der Waals surface area contributed by atoms with Crippen LogP contribution in [0.4, 0.5) is 0 Å². The first-order chi connectivity index (χ1) is 11.4. The van der Waals surface area contributed by atoms with Crippen LogP contribution in [0.25, 0.3) is 5.69 Å². The van der Waals surface area contributed by atoms with Gasteiger partial charge in [0, 0.05) is 19.2 Å². The first-order valence-electron chi connectivity index (χ1n) is 8.70. The monoisotopic (exact) mass is 312 g/mol. The molecule has 5 nitrogen and oxygen atoms in total. The van der Waals surface area contributed by atoms with Crippen LogP contribution < -0.4 is 5.32 Å². The highest BCUT2D eigenvalue weighted by Crippen LogP contribution is 2.23. The Morgan fingerprint density at radius 1 is 1.17 bits per heavy atom. The zero-order chi connectivity index (χ0) is 15.5. The summed E-state index contributed by atoms with van der Waals surface area (Å²) >= 11 is 0. The first kappa shape index (κ1) is 14.8. The Kier molecular flexibility index (Phi) is 4.39. The molecule has 2 aromatic rings. The van der Waals surface area contributed by atoms with Crippen LogP contribution in [0.5, 0.6) is 0 Å². The highest BCUT2D eigenvalue weighted by atomic mass is 16.5. The summed E-state index contributed by atoms with van der Waals surface area (Å²) in [7, 11) is 0. The van der Waals surface area contributed by atoms with E-state index in [1.54, 1.807) is 12.7 Å². The van der Waals surface area contributed by atoms with Gasteiger partial charge in [0.25, 0.3) is 0 Å². The van der Waals surface area contributed by atoms with Gasteiger partial charge in [0.15, 0.2) is 0 Å². The van der Waals surface area contributed by atoms with Crippen molar-refractivity contribution in [1.29, 1.82) is 0 Å². The Morgan fingerprint density at radius 2 is 2.09 bits per heavy atom. The number of aromatic nitrogens is 3. The van der Waals surface area contributed by atoms with Crippen molar-refractivity contribution < 1.29 is 4.74 Å². The lowest BCUT2D eigenvalue weighted by molar-refractivity contribution is 0.107. The second kappa shape index (κ2) is 6.81. The Hall–Kier alpha value is -1.72. The molecule has 1 aliphatic heterocycles.